The number of aromatic nitrogens is 2. The van der Waals surface area contributed by atoms with Crippen LogP contribution in [-0.2, 0) is 16.1 Å². The van der Waals surface area contributed by atoms with Gasteiger partial charge in [0, 0.05) is 5.38 Å². The predicted molar refractivity (Wildman–Crippen MR) is 78.3 cm³/mol. The summed E-state index contributed by atoms with van der Waals surface area (Å²) in [5.74, 6) is -1.20. The van der Waals surface area contributed by atoms with E-state index in [9.17, 15) is 14.4 Å². The van der Waals surface area contributed by atoms with E-state index in [2.05, 4.69) is 4.98 Å². The maximum absolute atomic E-state index is 12.3. The third-order valence-electron chi connectivity index (χ3n) is 2.84. The van der Waals surface area contributed by atoms with Gasteiger partial charge in [-0.25, -0.2) is 9.78 Å². The van der Waals surface area contributed by atoms with Crippen LogP contribution < -0.4 is 11.3 Å². The van der Waals surface area contributed by atoms with Crippen LogP contribution >= 0.6 is 11.3 Å². The lowest BCUT2D eigenvalue weighted by Crippen LogP contribution is -2.28. The number of esters is 1. The van der Waals surface area contributed by atoms with Crippen molar-refractivity contribution in [2.45, 2.75) is 26.3 Å². The van der Waals surface area contributed by atoms with Crippen molar-refractivity contribution in [2.75, 3.05) is 6.61 Å². The molecule has 0 aliphatic carbocycles. The number of hydrogen-bond acceptors (Lipinski definition) is 6. The zero-order chi connectivity index (χ0) is 15.4. The topological polar surface area (TPSA) is 104 Å². The summed E-state index contributed by atoms with van der Waals surface area (Å²) in [5, 5.41) is 1.72. The maximum atomic E-state index is 12.3. The van der Waals surface area contributed by atoms with Gasteiger partial charge >= 0.3 is 5.97 Å². The number of carbonyl (C=O) groups is 2. The number of carbonyl (C=O) groups excluding carboxylic acids is 2. The molecule has 7 nitrogen and oxygen atoms in total. The molecule has 0 spiro atoms. The number of unbranched alkanes of at least 4 members (excludes halogenated alkanes) is 1. The van der Waals surface area contributed by atoms with Crippen LogP contribution in [0.3, 0.4) is 0 Å². The smallest absolute Gasteiger partial charge is 0.339 e. The molecule has 0 saturated heterocycles. The third-order valence-corrected chi connectivity index (χ3v) is 3.72. The molecular weight excluding hydrogens is 294 g/mol. The van der Waals surface area contributed by atoms with E-state index in [0.29, 0.717) is 11.4 Å². The Labute approximate surface area is 124 Å². The summed E-state index contributed by atoms with van der Waals surface area (Å²) in [6, 6.07) is 0. The first-order valence-electron chi connectivity index (χ1n) is 6.46. The van der Waals surface area contributed by atoms with Gasteiger partial charge in [-0.1, -0.05) is 13.3 Å². The first kappa shape index (κ1) is 15.2. The minimum Gasteiger partial charge on any atom is -0.462 e. The van der Waals surface area contributed by atoms with Gasteiger partial charge < -0.3 is 10.5 Å². The zero-order valence-electron chi connectivity index (χ0n) is 11.5. The lowest BCUT2D eigenvalue weighted by atomic mass is 10.2. The monoisotopic (exact) mass is 309 g/mol. The number of thiophene rings is 1. The van der Waals surface area contributed by atoms with Crippen LogP contribution in [0.15, 0.2) is 16.5 Å². The first-order valence-corrected chi connectivity index (χ1v) is 7.34. The Hall–Kier alpha value is -2.22. The van der Waals surface area contributed by atoms with Crippen LogP contribution in [0.25, 0.3) is 10.2 Å². The molecule has 2 heterocycles. The second kappa shape index (κ2) is 6.49. The molecule has 0 aromatic carbocycles. The van der Waals surface area contributed by atoms with E-state index >= 15 is 0 Å². The Morgan fingerprint density at radius 2 is 2.24 bits per heavy atom. The van der Waals surface area contributed by atoms with Crippen molar-refractivity contribution in [3.63, 3.8) is 0 Å². The van der Waals surface area contributed by atoms with Gasteiger partial charge in [0.2, 0.25) is 5.91 Å². The SMILES string of the molecule is CCCCOC(=O)c1csc2ncn(CC(N)=O)c(=O)c12. The molecule has 112 valence electrons. The van der Waals surface area contributed by atoms with Gasteiger partial charge in [0.05, 0.1) is 23.9 Å². The quantitative estimate of drug-likeness (QED) is 0.630. The molecule has 0 bridgehead atoms. The molecule has 0 aliphatic heterocycles. The second-order valence-electron chi connectivity index (χ2n) is 4.46. The number of amides is 1. The van der Waals surface area contributed by atoms with Crippen LogP contribution in [0, 0.1) is 0 Å². The highest BCUT2D eigenvalue weighted by Crippen LogP contribution is 2.21. The number of ether oxygens (including phenoxy) is 1. The minimum atomic E-state index is -0.652. The molecule has 0 atom stereocenters. The molecule has 0 unspecified atom stereocenters. The highest BCUT2D eigenvalue weighted by molar-refractivity contribution is 7.17. The summed E-state index contributed by atoms with van der Waals surface area (Å²) in [7, 11) is 0. The van der Waals surface area contributed by atoms with Crippen molar-refractivity contribution in [3.05, 3.63) is 27.6 Å². The summed E-state index contributed by atoms with van der Waals surface area (Å²) in [4.78, 5) is 39.7. The van der Waals surface area contributed by atoms with Gasteiger partial charge in [0.25, 0.3) is 5.56 Å². The molecule has 1 amide bonds. The van der Waals surface area contributed by atoms with Crippen molar-refractivity contribution >= 4 is 33.4 Å². The van der Waals surface area contributed by atoms with Crippen molar-refractivity contribution in [2.24, 2.45) is 5.73 Å². The molecule has 2 N–H and O–H groups in total. The Balaban J connectivity index is 2.39. The largest absolute Gasteiger partial charge is 0.462 e. The molecule has 21 heavy (non-hydrogen) atoms. The number of nitrogens with two attached hydrogens (primary N) is 1. The lowest BCUT2D eigenvalue weighted by Gasteiger charge is -2.04. The highest BCUT2D eigenvalue weighted by Gasteiger charge is 2.18. The zero-order valence-corrected chi connectivity index (χ0v) is 12.3. The number of primary amides is 1. The molecule has 2 aromatic heterocycles. The van der Waals surface area contributed by atoms with Crippen molar-refractivity contribution in [1.82, 2.24) is 9.55 Å². The minimum absolute atomic E-state index is 0.172. The Morgan fingerprint density at radius 1 is 1.48 bits per heavy atom. The normalized spacial score (nSPS) is 10.7. The first-order chi connectivity index (χ1) is 10.0. The number of hydrogen-bond donors (Lipinski definition) is 1. The Bertz CT molecular complexity index is 735. The van der Waals surface area contributed by atoms with E-state index in [1.165, 1.54) is 17.7 Å². The predicted octanol–water partition coefficient (Wildman–Crippen LogP) is 0.900. The maximum Gasteiger partial charge on any atom is 0.339 e. The van der Waals surface area contributed by atoms with Crippen molar-refractivity contribution in [3.8, 4) is 0 Å². The van der Waals surface area contributed by atoms with Gasteiger partial charge in [-0.2, -0.15) is 0 Å². The van der Waals surface area contributed by atoms with Gasteiger partial charge in [-0.3, -0.25) is 14.2 Å². The van der Waals surface area contributed by atoms with E-state index in [4.69, 9.17) is 10.5 Å². The average molecular weight is 309 g/mol. The van der Waals surface area contributed by atoms with Crippen LogP contribution in [0.4, 0.5) is 0 Å². The fourth-order valence-electron chi connectivity index (χ4n) is 1.79. The summed E-state index contributed by atoms with van der Waals surface area (Å²) in [6.45, 7) is 2.02. The molecule has 2 rings (SSSR count). The average Bonchev–Trinajstić information content (AvgIpc) is 2.86. The number of rotatable bonds is 6. The molecule has 0 saturated carbocycles. The van der Waals surface area contributed by atoms with Crippen molar-refractivity contribution in [1.29, 1.82) is 0 Å². The Kier molecular flexibility index (Phi) is 4.69. The molecule has 0 aliphatic rings. The van der Waals surface area contributed by atoms with E-state index in [1.807, 2.05) is 6.92 Å². The number of fused-ring (bicyclic) bond motifs is 1. The van der Waals surface area contributed by atoms with E-state index < -0.39 is 17.4 Å². The van der Waals surface area contributed by atoms with Gasteiger partial charge in [0.15, 0.2) is 0 Å². The third kappa shape index (κ3) is 3.27. The molecule has 2 aromatic rings. The van der Waals surface area contributed by atoms with Crippen LogP contribution in [-0.4, -0.2) is 28.0 Å². The van der Waals surface area contributed by atoms with E-state index in [-0.39, 0.29) is 17.5 Å². The fraction of sp³-hybridized carbons (Fsp3) is 0.385. The van der Waals surface area contributed by atoms with Crippen LogP contribution in [0.1, 0.15) is 30.1 Å². The van der Waals surface area contributed by atoms with Crippen LogP contribution in [0.5, 0.6) is 0 Å². The van der Waals surface area contributed by atoms with Gasteiger partial charge in [-0.05, 0) is 6.42 Å². The van der Waals surface area contributed by atoms with E-state index in [1.54, 1.807) is 5.38 Å². The second-order valence-corrected chi connectivity index (χ2v) is 5.32. The van der Waals surface area contributed by atoms with Crippen LogP contribution in [0.2, 0.25) is 0 Å². The summed E-state index contributed by atoms with van der Waals surface area (Å²) in [6.07, 6.45) is 2.92. The standard InChI is InChI=1S/C13H15N3O4S/c1-2-3-4-20-13(19)8-6-21-11-10(8)12(18)16(7-15-11)5-9(14)17/h6-7H,2-5H2,1H3,(H2,14,17). The molecule has 0 radical (unpaired) electrons. The number of nitrogens with zero attached hydrogens (tertiary/aromatic N) is 2. The van der Waals surface area contributed by atoms with E-state index in [0.717, 1.165) is 17.4 Å². The summed E-state index contributed by atoms with van der Waals surface area (Å²) >= 11 is 1.18. The summed E-state index contributed by atoms with van der Waals surface area (Å²) < 4.78 is 6.19. The van der Waals surface area contributed by atoms with Crippen molar-refractivity contribution < 1.29 is 14.3 Å². The Morgan fingerprint density at radius 3 is 2.90 bits per heavy atom. The summed E-state index contributed by atoms with van der Waals surface area (Å²) in [5.41, 5.74) is 4.79. The molecule has 8 heteroatoms. The lowest BCUT2D eigenvalue weighted by molar-refractivity contribution is -0.118. The van der Waals surface area contributed by atoms with Gasteiger partial charge in [-0.15, -0.1) is 11.3 Å². The molecule has 0 fully saturated rings. The molecular formula is C13H15N3O4S. The highest BCUT2D eigenvalue weighted by atomic mass is 32.1. The van der Waals surface area contributed by atoms with Gasteiger partial charge in [0.1, 0.15) is 11.4 Å². The fourth-order valence-corrected chi connectivity index (χ4v) is 2.65.